The van der Waals surface area contributed by atoms with E-state index in [9.17, 15) is 19.6 Å². The predicted molar refractivity (Wildman–Crippen MR) is 184 cm³/mol. The summed E-state index contributed by atoms with van der Waals surface area (Å²) >= 11 is 0. The molecule has 2 saturated carbocycles. The molecule has 0 radical (unpaired) electrons. The molecule has 1 aromatic carbocycles. The van der Waals surface area contributed by atoms with E-state index in [2.05, 4.69) is 54.5 Å². The summed E-state index contributed by atoms with van der Waals surface area (Å²) in [6, 6.07) is 11.5. The molecular weight excluding hydrogens is 570 g/mol. The Kier molecular flexibility index (Phi) is 9.78. The number of allylic oxidation sites excluding steroid dienone is 4. The Bertz CT molecular complexity index is 1460. The summed E-state index contributed by atoms with van der Waals surface area (Å²) in [5.74, 6) is 0.768. The standard InChI is InChI=1S/C41H57NO4/c1-28-25-36(3,4)20-22-41(28,19-17-34(44)46-31-14-12-11-13-15-31)23-21-37(5,6)40(10)18-16-32-38(7,8)35(45)30(27-42)26-39(32,9)33(40)24-29(2)43/h11-15,24,26,28,32H,16-23,25H2,1-10H3/b33-24-/t28?,32-,39-,40+,41+/m0/s1. The molecule has 3 aliphatic carbocycles. The van der Waals surface area contributed by atoms with Crippen LogP contribution in [0.5, 0.6) is 5.75 Å². The van der Waals surface area contributed by atoms with Crippen molar-refractivity contribution in [1.29, 1.82) is 5.26 Å². The second-order valence-electron chi connectivity index (χ2n) is 17.4. The molecule has 5 atom stereocenters. The molecule has 250 valence electrons. The second kappa shape index (κ2) is 12.6. The monoisotopic (exact) mass is 627 g/mol. The number of ketones is 2. The third-order valence-corrected chi connectivity index (χ3v) is 13.2. The fraction of sp³-hybridized carbons (Fsp3) is 0.659. The highest BCUT2D eigenvalue weighted by molar-refractivity contribution is 6.04. The topological polar surface area (TPSA) is 84.2 Å². The number of hydrogen-bond acceptors (Lipinski definition) is 5. The molecule has 0 spiro atoms. The molecule has 1 aromatic rings. The van der Waals surface area contributed by atoms with E-state index in [-0.39, 0.29) is 50.7 Å². The van der Waals surface area contributed by atoms with Gasteiger partial charge in [0, 0.05) is 17.3 Å². The van der Waals surface area contributed by atoms with Crippen LogP contribution in [0.4, 0.5) is 0 Å². The van der Waals surface area contributed by atoms with Crippen LogP contribution in [0.1, 0.15) is 127 Å². The van der Waals surface area contributed by atoms with Crippen molar-refractivity contribution in [3.8, 4) is 11.8 Å². The number of rotatable bonds is 9. The van der Waals surface area contributed by atoms with Crippen LogP contribution in [0.25, 0.3) is 0 Å². The van der Waals surface area contributed by atoms with E-state index in [1.54, 1.807) is 6.92 Å². The quantitative estimate of drug-likeness (QED) is 0.155. The van der Waals surface area contributed by atoms with Crippen molar-refractivity contribution < 1.29 is 19.1 Å². The van der Waals surface area contributed by atoms with Crippen LogP contribution in [0, 0.1) is 55.7 Å². The Hall–Kier alpha value is -3.00. The third-order valence-electron chi connectivity index (χ3n) is 13.2. The van der Waals surface area contributed by atoms with Gasteiger partial charge >= 0.3 is 5.97 Å². The summed E-state index contributed by atoms with van der Waals surface area (Å²) in [5.41, 5.74) is -0.258. The minimum absolute atomic E-state index is 0.00152. The summed E-state index contributed by atoms with van der Waals surface area (Å²) < 4.78 is 5.71. The SMILES string of the molecule is CC(=O)/C=C1/[C@@]2(C)C=C(C#N)C(=O)C(C)(C)[C@@H]2CC[C@@]1(C)C(C)(C)CC[C@@]1(CCC(=O)Oc2ccccc2)CCC(C)(C)CC1C. The minimum Gasteiger partial charge on any atom is -0.427 e. The zero-order valence-corrected chi connectivity index (χ0v) is 30.1. The number of nitrogens with zero attached hydrogens (tertiary/aromatic N) is 1. The molecule has 3 aliphatic rings. The lowest BCUT2D eigenvalue weighted by molar-refractivity contribution is -0.135. The minimum atomic E-state index is -0.696. The maximum atomic E-state index is 13.4. The summed E-state index contributed by atoms with van der Waals surface area (Å²) in [6.45, 7) is 21.8. The smallest absolute Gasteiger partial charge is 0.311 e. The average Bonchev–Trinajstić information content (AvgIpc) is 2.96. The van der Waals surface area contributed by atoms with Gasteiger partial charge in [0.15, 0.2) is 11.6 Å². The number of nitriles is 1. The van der Waals surface area contributed by atoms with E-state index in [0.29, 0.717) is 18.1 Å². The summed E-state index contributed by atoms with van der Waals surface area (Å²) in [4.78, 5) is 39.3. The highest BCUT2D eigenvalue weighted by Crippen LogP contribution is 2.67. The van der Waals surface area contributed by atoms with E-state index in [4.69, 9.17) is 4.74 Å². The highest BCUT2D eigenvalue weighted by atomic mass is 16.5. The Morgan fingerprint density at radius 1 is 1.02 bits per heavy atom. The molecule has 46 heavy (non-hydrogen) atoms. The molecule has 0 bridgehead atoms. The fourth-order valence-electron chi connectivity index (χ4n) is 9.82. The van der Waals surface area contributed by atoms with Gasteiger partial charge in [0.05, 0.1) is 5.57 Å². The summed E-state index contributed by atoms with van der Waals surface area (Å²) in [6.07, 6.45) is 11.9. The number of esters is 1. The summed E-state index contributed by atoms with van der Waals surface area (Å²) in [5, 5.41) is 9.99. The van der Waals surface area contributed by atoms with E-state index < -0.39 is 10.8 Å². The zero-order valence-electron chi connectivity index (χ0n) is 30.1. The van der Waals surface area contributed by atoms with Gasteiger partial charge < -0.3 is 4.74 Å². The third kappa shape index (κ3) is 6.56. The number of carbonyl (C=O) groups is 3. The van der Waals surface area contributed by atoms with Gasteiger partial charge in [0.1, 0.15) is 11.8 Å². The van der Waals surface area contributed by atoms with Gasteiger partial charge in [-0.1, -0.05) is 92.2 Å². The second-order valence-corrected chi connectivity index (χ2v) is 17.4. The first kappa shape index (κ1) is 35.8. The Morgan fingerprint density at radius 3 is 2.26 bits per heavy atom. The highest BCUT2D eigenvalue weighted by Gasteiger charge is 2.61. The van der Waals surface area contributed by atoms with Gasteiger partial charge in [-0.3, -0.25) is 14.4 Å². The van der Waals surface area contributed by atoms with E-state index >= 15 is 0 Å². The molecule has 0 heterocycles. The molecule has 0 aliphatic heterocycles. The van der Waals surface area contributed by atoms with Gasteiger partial charge in [-0.2, -0.15) is 5.26 Å². The van der Waals surface area contributed by atoms with Gasteiger partial charge in [-0.15, -0.1) is 0 Å². The molecule has 4 rings (SSSR count). The molecule has 1 unspecified atom stereocenters. The largest absolute Gasteiger partial charge is 0.427 e. The van der Waals surface area contributed by atoms with Crippen LogP contribution in [0.15, 0.2) is 53.6 Å². The van der Waals surface area contributed by atoms with Crippen molar-refractivity contribution in [3.63, 3.8) is 0 Å². The summed E-state index contributed by atoms with van der Waals surface area (Å²) in [7, 11) is 0. The molecule has 0 saturated heterocycles. The molecular formula is C41H57NO4. The van der Waals surface area contributed by atoms with E-state index in [1.165, 1.54) is 0 Å². The number of benzene rings is 1. The van der Waals surface area contributed by atoms with Crippen molar-refractivity contribution in [3.05, 3.63) is 53.6 Å². The van der Waals surface area contributed by atoms with Crippen molar-refractivity contribution in [1.82, 2.24) is 0 Å². The van der Waals surface area contributed by atoms with Gasteiger partial charge in [0.25, 0.3) is 0 Å². The van der Waals surface area contributed by atoms with Crippen molar-refractivity contribution in [2.24, 2.45) is 44.3 Å². The van der Waals surface area contributed by atoms with Crippen molar-refractivity contribution in [2.75, 3.05) is 0 Å². The van der Waals surface area contributed by atoms with Gasteiger partial charge in [0.2, 0.25) is 0 Å². The predicted octanol–water partition coefficient (Wildman–Crippen LogP) is 10.0. The molecule has 0 N–H and O–H groups in total. The van der Waals surface area contributed by atoms with Gasteiger partial charge in [-0.05, 0) is 110 Å². The van der Waals surface area contributed by atoms with E-state index in [1.807, 2.05) is 56.3 Å². The normalized spacial score (nSPS) is 33.0. The van der Waals surface area contributed by atoms with E-state index in [0.717, 1.165) is 56.9 Å². The number of hydrogen-bond donors (Lipinski definition) is 0. The first-order valence-corrected chi connectivity index (χ1v) is 17.4. The van der Waals surface area contributed by atoms with Crippen LogP contribution in [0.3, 0.4) is 0 Å². The Morgan fingerprint density at radius 2 is 1.67 bits per heavy atom. The van der Waals surface area contributed by atoms with Crippen LogP contribution < -0.4 is 4.74 Å². The van der Waals surface area contributed by atoms with Crippen molar-refractivity contribution >= 4 is 17.5 Å². The first-order chi connectivity index (χ1) is 21.2. The molecule has 0 amide bonds. The number of fused-ring (bicyclic) bond motifs is 1. The Labute approximate surface area is 278 Å². The Balaban J connectivity index is 1.66. The van der Waals surface area contributed by atoms with Crippen molar-refractivity contribution in [2.45, 2.75) is 127 Å². The average molecular weight is 628 g/mol. The lowest BCUT2D eigenvalue weighted by atomic mass is 9.42. The number of ether oxygens (including phenoxy) is 1. The first-order valence-electron chi connectivity index (χ1n) is 17.4. The lowest BCUT2D eigenvalue weighted by Gasteiger charge is -2.61. The van der Waals surface area contributed by atoms with Crippen LogP contribution in [0.2, 0.25) is 0 Å². The van der Waals surface area contributed by atoms with Crippen LogP contribution in [-0.4, -0.2) is 17.5 Å². The molecule has 5 nitrogen and oxygen atoms in total. The van der Waals surface area contributed by atoms with Crippen LogP contribution in [-0.2, 0) is 14.4 Å². The maximum absolute atomic E-state index is 13.4. The maximum Gasteiger partial charge on any atom is 0.311 e. The molecule has 0 aromatic heterocycles. The molecule has 5 heteroatoms. The zero-order chi connectivity index (χ0) is 34.3. The lowest BCUT2D eigenvalue weighted by Crippen LogP contribution is -2.56. The molecule has 2 fully saturated rings. The number of Topliss-reactive ketones (excluding diaryl/α,β-unsaturated/α-hetero) is 1. The van der Waals surface area contributed by atoms with Crippen LogP contribution >= 0.6 is 0 Å². The fourth-order valence-corrected chi connectivity index (χ4v) is 9.82. The number of carbonyl (C=O) groups excluding carboxylic acids is 3. The van der Waals surface area contributed by atoms with Gasteiger partial charge in [-0.25, -0.2) is 0 Å². The number of para-hydroxylation sites is 1.